The zero-order valence-corrected chi connectivity index (χ0v) is 10.6. The minimum Gasteiger partial charge on any atom is -0.338 e. The van der Waals surface area contributed by atoms with Gasteiger partial charge in [-0.3, -0.25) is 4.79 Å². The van der Waals surface area contributed by atoms with Crippen molar-refractivity contribution < 1.29 is 4.79 Å². The molecule has 0 spiro atoms. The van der Waals surface area contributed by atoms with Crippen LogP contribution in [0.3, 0.4) is 0 Å². The van der Waals surface area contributed by atoms with E-state index in [0.29, 0.717) is 12.4 Å². The fraction of sp³-hybridized carbons (Fsp3) is 0.545. The monoisotopic (exact) mass is 245 g/mol. The molecule has 15 heavy (non-hydrogen) atoms. The molecule has 0 radical (unpaired) electrons. The maximum Gasteiger partial charge on any atom is 0.226 e. The van der Waals surface area contributed by atoms with Gasteiger partial charge in [0.25, 0.3) is 0 Å². The summed E-state index contributed by atoms with van der Waals surface area (Å²) in [6.07, 6.45) is 0. The van der Waals surface area contributed by atoms with Gasteiger partial charge in [0.05, 0.1) is 6.54 Å². The van der Waals surface area contributed by atoms with Crippen LogP contribution in [0.25, 0.3) is 0 Å². The van der Waals surface area contributed by atoms with Crippen molar-refractivity contribution in [1.82, 2.24) is 4.90 Å². The first kappa shape index (κ1) is 12.5. The molecule has 0 bridgehead atoms. The highest BCUT2D eigenvalue weighted by atomic mass is 35.5. The second kappa shape index (κ2) is 6.13. The lowest BCUT2D eigenvalue weighted by atomic mass is 10.2. The van der Waals surface area contributed by atoms with Gasteiger partial charge >= 0.3 is 0 Å². The molecule has 1 aromatic rings. The molecule has 1 atom stereocenters. The minimum atomic E-state index is -0.0911. The summed E-state index contributed by atoms with van der Waals surface area (Å²) in [6, 6.07) is 4.05. The van der Waals surface area contributed by atoms with Gasteiger partial charge in [-0.15, -0.1) is 22.9 Å². The summed E-state index contributed by atoms with van der Waals surface area (Å²) in [5.41, 5.74) is 0. The number of alkyl halides is 1. The van der Waals surface area contributed by atoms with E-state index in [1.54, 1.807) is 11.3 Å². The molecule has 1 unspecified atom stereocenters. The summed E-state index contributed by atoms with van der Waals surface area (Å²) in [4.78, 5) is 14.9. The molecule has 0 aromatic carbocycles. The number of nitrogens with zero attached hydrogens (tertiary/aromatic N) is 1. The number of thiophene rings is 1. The second-order valence-electron chi connectivity index (χ2n) is 3.49. The van der Waals surface area contributed by atoms with Gasteiger partial charge in [0.1, 0.15) is 0 Å². The highest BCUT2D eigenvalue weighted by Crippen LogP contribution is 2.14. The third-order valence-electron chi connectivity index (χ3n) is 2.27. The Balaban J connectivity index is 2.60. The Hall–Kier alpha value is -0.540. The van der Waals surface area contributed by atoms with Crippen molar-refractivity contribution in [3.63, 3.8) is 0 Å². The van der Waals surface area contributed by atoms with Gasteiger partial charge in [-0.25, -0.2) is 0 Å². The molecular weight excluding hydrogens is 230 g/mol. The van der Waals surface area contributed by atoms with E-state index in [0.717, 1.165) is 6.54 Å². The van der Waals surface area contributed by atoms with Crippen molar-refractivity contribution in [3.8, 4) is 0 Å². The van der Waals surface area contributed by atoms with Gasteiger partial charge in [0.2, 0.25) is 5.91 Å². The number of rotatable bonds is 5. The number of halogens is 1. The standard InChI is InChI=1S/C11H16ClNOS/c1-3-13(11(14)9(2)7-12)8-10-5-4-6-15-10/h4-6,9H,3,7-8H2,1-2H3. The number of carbonyl (C=O) groups excluding carboxylic acids is 1. The number of carbonyl (C=O) groups is 1. The van der Waals surface area contributed by atoms with Crippen molar-refractivity contribution in [2.24, 2.45) is 5.92 Å². The number of hydrogen-bond donors (Lipinski definition) is 0. The number of amides is 1. The summed E-state index contributed by atoms with van der Waals surface area (Å²) < 4.78 is 0. The van der Waals surface area contributed by atoms with E-state index < -0.39 is 0 Å². The quantitative estimate of drug-likeness (QED) is 0.731. The summed E-state index contributed by atoms with van der Waals surface area (Å²) in [6.45, 7) is 5.30. The highest BCUT2D eigenvalue weighted by Gasteiger charge is 2.18. The van der Waals surface area contributed by atoms with Gasteiger partial charge in [-0.05, 0) is 18.4 Å². The summed E-state index contributed by atoms with van der Waals surface area (Å²) >= 11 is 7.36. The van der Waals surface area contributed by atoms with Crippen molar-refractivity contribution in [2.45, 2.75) is 20.4 Å². The van der Waals surface area contributed by atoms with Crippen molar-refractivity contribution in [2.75, 3.05) is 12.4 Å². The average Bonchev–Trinajstić information content (AvgIpc) is 2.76. The van der Waals surface area contributed by atoms with Crippen LogP contribution in [0, 0.1) is 5.92 Å². The van der Waals surface area contributed by atoms with Crippen LogP contribution < -0.4 is 0 Å². The molecule has 0 N–H and O–H groups in total. The minimum absolute atomic E-state index is 0.0911. The second-order valence-corrected chi connectivity index (χ2v) is 4.83. The van der Waals surface area contributed by atoms with Gasteiger partial charge in [-0.2, -0.15) is 0 Å². The van der Waals surface area contributed by atoms with Crippen LogP contribution in [0.2, 0.25) is 0 Å². The van der Waals surface area contributed by atoms with E-state index in [1.807, 2.05) is 36.3 Å². The van der Waals surface area contributed by atoms with E-state index in [9.17, 15) is 4.79 Å². The number of hydrogen-bond acceptors (Lipinski definition) is 2. The molecular formula is C11H16ClNOS. The topological polar surface area (TPSA) is 20.3 Å². The Bertz CT molecular complexity index is 300. The molecule has 0 aliphatic carbocycles. The molecule has 1 aromatic heterocycles. The fourth-order valence-electron chi connectivity index (χ4n) is 1.31. The van der Waals surface area contributed by atoms with Gasteiger partial charge < -0.3 is 4.90 Å². The van der Waals surface area contributed by atoms with Crippen LogP contribution in [0.4, 0.5) is 0 Å². The smallest absolute Gasteiger partial charge is 0.226 e. The third kappa shape index (κ3) is 3.50. The van der Waals surface area contributed by atoms with Crippen LogP contribution in [0.1, 0.15) is 18.7 Å². The van der Waals surface area contributed by atoms with Crippen LogP contribution in [0.5, 0.6) is 0 Å². The molecule has 0 fully saturated rings. The predicted octanol–water partition coefficient (Wildman–Crippen LogP) is 2.97. The predicted molar refractivity (Wildman–Crippen MR) is 65.3 cm³/mol. The van der Waals surface area contributed by atoms with Crippen molar-refractivity contribution >= 4 is 28.8 Å². The van der Waals surface area contributed by atoms with Crippen LogP contribution in [-0.4, -0.2) is 23.2 Å². The van der Waals surface area contributed by atoms with E-state index in [-0.39, 0.29) is 11.8 Å². The van der Waals surface area contributed by atoms with E-state index in [1.165, 1.54) is 4.88 Å². The molecule has 2 nitrogen and oxygen atoms in total. The van der Waals surface area contributed by atoms with Crippen molar-refractivity contribution in [1.29, 1.82) is 0 Å². The molecule has 0 aliphatic rings. The highest BCUT2D eigenvalue weighted by molar-refractivity contribution is 7.09. The summed E-state index contributed by atoms with van der Waals surface area (Å²) in [5.74, 6) is 0.437. The van der Waals surface area contributed by atoms with E-state index >= 15 is 0 Å². The Morgan fingerprint density at radius 1 is 1.67 bits per heavy atom. The van der Waals surface area contributed by atoms with Gasteiger partial charge in [-0.1, -0.05) is 13.0 Å². The normalized spacial score (nSPS) is 12.5. The summed E-state index contributed by atoms with van der Waals surface area (Å²) in [5, 5.41) is 2.03. The molecule has 84 valence electrons. The largest absolute Gasteiger partial charge is 0.338 e. The molecule has 1 rings (SSSR count). The Labute approximate surface area is 99.9 Å². The lowest BCUT2D eigenvalue weighted by Gasteiger charge is -2.22. The Kier molecular flexibility index (Phi) is 5.12. The third-order valence-corrected chi connectivity index (χ3v) is 3.60. The van der Waals surface area contributed by atoms with Crippen LogP contribution >= 0.6 is 22.9 Å². The van der Waals surface area contributed by atoms with Gasteiger partial charge in [0, 0.05) is 23.2 Å². The molecule has 1 heterocycles. The lowest BCUT2D eigenvalue weighted by Crippen LogP contribution is -2.34. The van der Waals surface area contributed by atoms with E-state index in [2.05, 4.69) is 0 Å². The lowest BCUT2D eigenvalue weighted by molar-refractivity contribution is -0.134. The SMILES string of the molecule is CCN(Cc1cccs1)C(=O)C(C)CCl. The first-order valence-electron chi connectivity index (χ1n) is 5.06. The summed E-state index contributed by atoms with van der Waals surface area (Å²) in [7, 11) is 0. The molecule has 0 aliphatic heterocycles. The first-order chi connectivity index (χ1) is 7.19. The van der Waals surface area contributed by atoms with E-state index in [4.69, 9.17) is 11.6 Å². The first-order valence-corrected chi connectivity index (χ1v) is 6.47. The Morgan fingerprint density at radius 2 is 2.40 bits per heavy atom. The zero-order valence-electron chi connectivity index (χ0n) is 9.07. The van der Waals surface area contributed by atoms with Crippen molar-refractivity contribution in [3.05, 3.63) is 22.4 Å². The van der Waals surface area contributed by atoms with Crippen LogP contribution in [0.15, 0.2) is 17.5 Å². The Morgan fingerprint density at radius 3 is 2.87 bits per heavy atom. The molecule has 0 saturated heterocycles. The average molecular weight is 246 g/mol. The maximum atomic E-state index is 11.9. The maximum absolute atomic E-state index is 11.9. The zero-order chi connectivity index (χ0) is 11.3. The molecule has 0 saturated carbocycles. The molecule has 4 heteroatoms. The van der Waals surface area contributed by atoms with Crippen LogP contribution in [-0.2, 0) is 11.3 Å². The van der Waals surface area contributed by atoms with Gasteiger partial charge in [0.15, 0.2) is 0 Å². The fourth-order valence-corrected chi connectivity index (χ4v) is 2.17. The molecule has 1 amide bonds.